The Labute approximate surface area is 90.6 Å². The molecule has 1 aromatic carbocycles. The van der Waals surface area contributed by atoms with E-state index >= 15 is 0 Å². The van der Waals surface area contributed by atoms with Crippen LogP contribution in [0.1, 0.15) is 12.5 Å². The van der Waals surface area contributed by atoms with Crippen LogP contribution in [-0.2, 0) is 6.42 Å². The summed E-state index contributed by atoms with van der Waals surface area (Å²) in [6.45, 7) is -1.07. The lowest BCUT2D eigenvalue weighted by molar-refractivity contribution is -0.0503. The van der Waals surface area contributed by atoms with Gasteiger partial charge >= 0.3 is 6.61 Å². The van der Waals surface area contributed by atoms with Crippen molar-refractivity contribution in [2.24, 2.45) is 0 Å². The van der Waals surface area contributed by atoms with Crippen molar-refractivity contribution in [3.8, 4) is 5.75 Å². The summed E-state index contributed by atoms with van der Waals surface area (Å²) in [5.41, 5.74) is 0.611. The third kappa shape index (κ3) is 2.49. The first-order chi connectivity index (χ1) is 6.56. The molecule has 0 atom stereocenters. The molecule has 0 N–H and O–H groups in total. The molecule has 1 rings (SSSR count). The van der Waals surface area contributed by atoms with Crippen LogP contribution in [0.15, 0.2) is 12.1 Å². The molecule has 0 aromatic heterocycles. The predicted octanol–water partition coefficient (Wildman–Crippen LogP) is 4.16. The summed E-state index contributed by atoms with van der Waals surface area (Å²) in [7, 11) is 0. The van der Waals surface area contributed by atoms with Gasteiger partial charge in [-0.15, -0.1) is 0 Å². The number of hydrogen-bond acceptors (Lipinski definition) is 1. The van der Waals surface area contributed by atoms with E-state index < -0.39 is 6.61 Å². The predicted molar refractivity (Wildman–Crippen MR) is 52.5 cm³/mol. The first kappa shape index (κ1) is 11.5. The molecule has 0 aliphatic rings. The summed E-state index contributed by atoms with van der Waals surface area (Å²) >= 11 is 11.4. The van der Waals surface area contributed by atoms with Gasteiger partial charge in [-0.05, 0) is 18.1 Å². The number of rotatable bonds is 3. The SMILES string of the molecule is CCc1ccc(Cl)c(Cl)c1OC(F)F. The monoisotopic (exact) mass is 240 g/mol. The maximum Gasteiger partial charge on any atom is 0.387 e. The van der Waals surface area contributed by atoms with Crippen molar-refractivity contribution < 1.29 is 13.5 Å². The van der Waals surface area contributed by atoms with Gasteiger partial charge in [0, 0.05) is 0 Å². The summed E-state index contributed by atoms with van der Waals surface area (Å²) in [5.74, 6) is -0.0309. The van der Waals surface area contributed by atoms with Crippen LogP contribution >= 0.6 is 23.2 Å². The summed E-state index contributed by atoms with van der Waals surface area (Å²) in [6.07, 6.45) is 0.555. The lowest BCUT2D eigenvalue weighted by Crippen LogP contribution is -2.05. The van der Waals surface area contributed by atoms with Crippen molar-refractivity contribution in [1.29, 1.82) is 0 Å². The molecule has 78 valence electrons. The van der Waals surface area contributed by atoms with Gasteiger partial charge in [0.2, 0.25) is 0 Å². The Morgan fingerprint density at radius 2 is 2.00 bits per heavy atom. The molecule has 0 fully saturated rings. The zero-order valence-electron chi connectivity index (χ0n) is 7.36. The van der Waals surface area contributed by atoms with Crippen LogP contribution in [0.3, 0.4) is 0 Å². The quantitative estimate of drug-likeness (QED) is 0.772. The molecule has 0 aliphatic heterocycles. The zero-order valence-corrected chi connectivity index (χ0v) is 8.87. The molecule has 0 spiro atoms. The fraction of sp³-hybridized carbons (Fsp3) is 0.333. The second-order valence-electron chi connectivity index (χ2n) is 2.58. The molecule has 0 aliphatic carbocycles. The normalized spacial score (nSPS) is 10.7. The van der Waals surface area contributed by atoms with Crippen LogP contribution in [-0.4, -0.2) is 6.61 Å². The fourth-order valence-electron chi connectivity index (χ4n) is 1.07. The average molecular weight is 241 g/mol. The van der Waals surface area contributed by atoms with Crippen LogP contribution in [0.25, 0.3) is 0 Å². The number of halogens is 4. The minimum atomic E-state index is -2.89. The standard InChI is InChI=1S/C9H8Cl2F2O/c1-2-5-3-4-6(10)7(11)8(5)14-9(12)13/h3-4,9H,2H2,1H3. The molecule has 5 heteroatoms. The maximum absolute atomic E-state index is 12.0. The molecule has 0 radical (unpaired) electrons. The second kappa shape index (κ2) is 4.80. The largest absolute Gasteiger partial charge is 0.433 e. The topological polar surface area (TPSA) is 9.23 Å². The Morgan fingerprint density at radius 1 is 1.36 bits per heavy atom. The van der Waals surface area contributed by atoms with Gasteiger partial charge in [0.25, 0.3) is 0 Å². The molecule has 14 heavy (non-hydrogen) atoms. The van der Waals surface area contributed by atoms with E-state index in [4.69, 9.17) is 23.2 Å². The molecule has 0 bridgehead atoms. The molecular weight excluding hydrogens is 233 g/mol. The van der Waals surface area contributed by atoms with Crippen molar-refractivity contribution in [1.82, 2.24) is 0 Å². The highest BCUT2D eigenvalue weighted by atomic mass is 35.5. The highest BCUT2D eigenvalue weighted by Crippen LogP contribution is 2.36. The number of aryl methyl sites for hydroxylation is 1. The molecule has 0 saturated carbocycles. The zero-order chi connectivity index (χ0) is 10.7. The Kier molecular flexibility index (Phi) is 3.96. The minimum Gasteiger partial charge on any atom is -0.433 e. The number of hydrogen-bond donors (Lipinski definition) is 0. The van der Waals surface area contributed by atoms with Gasteiger partial charge in [0.15, 0.2) is 0 Å². The van der Waals surface area contributed by atoms with E-state index in [2.05, 4.69) is 4.74 Å². The van der Waals surface area contributed by atoms with Crippen molar-refractivity contribution in [2.75, 3.05) is 0 Å². The first-order valence-corrected chi connectivity index (χ1v) is 4.73. The second-order valence-corrected chi connectivity index (χ2v) is 3.37. The van der Waals surface area contributed by atoms with E-state index in [0.29, 0.717) is 12.0 Å². The van der Waals surface area contributed by atoms with Crippen LogP contribution in [0.5, 0.6) is 5.75 Å². The van der Waals surface area contributed by atoms with E-state index in [-0.39, 0.29) is 15.8 Å². The third-order valence-electron chi connectivity index (χ3n) is 1.72. The van der Waals surface area contributed by atoms with Gasteiger partial charge in [0.05, 0.1) is 5.02 Å². The Hall–Kier alpha value is -0.540. The van der Waals surface area contributed by atoms with E-state index in [1.165, 1.54) is 0 Å². The Bertz CT molecular complexity index is 329. The van der Waals surface area contributed by atoms with Gasteiger partial charge < -0.3 is 4.74 Å². The summed E-state index contributed by atoms with van der Waals surface area (Å²) < 4.78 is 28.3. The molecule has 0 heterocycles. The van der Waals surface area contributed by atoms with E-state index in [0.717, 1.165) is 0 Å². The van der Waals surface area contributed by atoms with Crippen molar-refractivity contribution in [3.05, 3.63) is 27.7 Å². The third-order valence-corrected chi connectivity index (χ3v) is 2.51. The lowest BCUT2D eigenvalue weighted by atomic mass is 10.1. The molecule has 0 unspecified atom stereocenters. The summed E-state index contributed by atoms with van der Waals surface area (Å²) in [5, 5.41) is 0.242. The van der Waals surface area contributed by atoms with Gasteiger partial charge in [-0.3, -0.25) is 0 Å². The van der Waals surface area contributed by atoms with E-state index in [1.54, 1.807) is 12.1 Å². The van der Waals surface area contributed by atoms with Crippen molar-refractivity contribution >= 4 is 23.2 Å². The van der Waals surface area contributed by atoms with Gasteiger partial charge in [0.1, 0.15) is 10.8 Å². The number of alkyl halides is 2. The highest BCUT2D eigenvalue weighted by Gasteiger charge is 2.14. The van der Waals surface area contributed by atoms with Crippen LogP contribution in [0.4, 0.5) is 8.78 Å². The fourth-order valence-corrected chi connectivity index (χ4v) is 1.44. The molecule has 1 nitrogen and oxygen atoms in total. The molecule has 0 amide bonds. The summed E-state index contributed by atoms with van der Waals surface area (Å²) in [4.78, 5) is 0. The average Bonchev–Trinajstić information content (AvgIpc) is 2.13. The number of benzene rings is 1. The highest BCUT2D eigenvalue weighted by molar-refractivity contribution is 6.43. The van der Waals surface area contributed by atoms with Crippen LogP contribution in [0, 0.1) is 0 Å². The smallest absolute Gasteiger partial charge is 0.387 e. The van der Waals surface area contributed by atoms with E-state index in [9.17, 15) is 8.78 Å². The first-order valence-electron chi connectivity index (χ1n) is 3.98. The minimum absolute atomic E-state index is 0.0309. The molecule has 1 aromatic rings. The van der Waals surface area contributed by atoms with Crippen molar-refractivity contribution in [2.45, 2.75) is 20.0 Å². The van der Waals surface area contributed by atoms with Crippen LogP contribution < -0.4 is 4.74 Å². The number of ether oxygens (including phenoxy) is 1. The van der Waals surface area contributed by atoms with Crippen molar-refractivity contribution in [3.63, 3.8) is 0 Å². The van der Waals surface area contributed by atoms with E-state index in [1.807, 2.05) is 6.92 Å². The van der Waals surface area contributed by atoms with Crippen LogP contribution in [0.2, 0.25) is 10.0 Å². The Morgan fingerprint density at radius 3 is 2.50 bits per heavy atom. The lowest BCUT2D eigenvalue weighted by Gasteiger charge is -2.11. The Balaban J connectivity index is 3.14. The molecule has 0 saturated heterocycles. The molecular formula is C9H8Cl2F2O. The summed E-state index contributed by atoms with van der Waals surface area (Å²) in [6, 6.07) is 3.17. The van der Waals surface area contributed by atoms with Gasteiger partial charge in [-0.1, -0.05) is 36.2 Å². The maximum atomic E-state index is 12.0. The van der Waals surface area contributed by atoms with Gasteiger partial charge in [-0.2, -0.15) is 8.78 Å². The van der Waals surface area contributed by atoms with Gasteiger partial charge in [-0.25, -0.2) is 0 Å².